The van der Waals surface area contributed by atoms with Crippen LogP contribution in [0.25, 0.3) is 0 Å². The van der Waals surface area contributed by atoms with Crippen molar-refractivity contribution in [3.8, 4) is 0 Å². The molecule has 1 aromatic heterocycles. The number of aromatic nitrogens is 2. The third-order valence-electron chi connectivity index (χ3n) is 3.10. The SMILES string of the molecule is Cn1nccc1CCC(N)Cc1ccc(Br)cc1. The number of nitrogens with two attached hydrogens (primary N) is 1. The van der Waals surface area contributed by atoms with Gasteiger partial charge in [-0.3, -0.25) is 4.68 Å². The second-order valence-electron chi connectivity index (χ2n) is 4.58. The minimum absolute atomic E-state index is 0.195. The van der Waals surface area contributed by atoms with Gasteiger partial charge in [-0.15, -0.1) is 0 Å². The van der Waals surface area contributed by atoms with Crippen molar-refractivity contribution in [2.45, 2.75) is 25.3 Å². The molecule has 0 saturated heterocycles. The van der Waals surface area contributed by atoms with E-state index in [2.05, 4.69) is 45.3 Å². The minimum atomic E-state index is 0.195. The van der Waals surface area contributed by atoms with Gasteiger partial charge in [-0.2, -0.15) is 5.10 Å². The van der Waals surface area contributed by atoms with Crippen LogP contribution in [0, 0.1) is 0 Å². The summed E-state index contributed by atoms with van der Waals surface area (Å²) in [6.07, 6.45) is 4.71. The van der Waals surface area contributed by atoms with Crippen molar-refractivity contribution < 1.29 is 0 Å². The van der Waals surface area contributed by atoms with Gasteiger partial charge in [0.05, 0.1) is 0 Å². The van der Waals surface area contributed by atoms with Gasteiger partial charge in [0.2, 0.25) is 0 Å². The zero-order chi connectivity index (χ0) is 13.0. The van der Waals surface area contributed by atoms with E-state index < -0.39 is 0 Å². The summed E-state index contributed by atoms with van der Waals surface area (Å²) in [5.41, 5.74) is 8.69. The monoisotopic (exact) mass is 307 g/mol. The average molecular weight is 308 g/mol. The number of rotatable bonds is 5. The summed E-state index contributed by atoms with van der Waals surface area (Å²) >= 11 is 3.44. The fraction of sp³-hybridized carbons (Fsp3) is 0.357. The van der Waals surface area contributed by atoms with E-state index in [-0.39, 0.29) is 6.04 Å². The number of halogens is 1. The lowest BCUT2D eigenvalue weighted by atomic mass is 10.0. The highest BCUT2D eigenvalue weighted by molar-refractivity contribution is 9.10. The average Bonchev–Trinajstić information content (AvgIpc) is 2.75. The first kappa shape index (κ1) is 13.3. The third-order valence-corrected chi connectivity index (χ3v) is 3.63. The molecule has 0 amide bonds. The van der Waals surface area contributed by atoms with Gasteiger partial charge >= 0.3 is 0 Å². The summed E-state index contributed by atoms with van der Waals surface area (Å²) in [6, 6.07) is 10.6. The van der Waals surface area contributed by atoms with E-state index in [0.717, 1.165) is 23.7 Å². The number of benzene rings is 1. The molecule has 1 atom stereocenters. The second-order valence-corrected chi connectivity index (χ2v) is 5.49. The lowest BCUT2D eigenvalue weighted by Crippen LogP contribution is -2.23. The van der Waals surface area contributed by atoms with Crippen LogP contribution in [0.4, 0.5) is 0 Å². The Hall–Kier alpha value is -1.13. The lowest BCUT2D eigenvalue weighted by molar-refractivity contribution is 0.586. The smallest absolute Gasteiger partial charge is 0.0492 e. The molecule has 1 heterocycles. The Morgan fingerprint density at radius 1 is 1.28 bits per heavy atom. The first-order chi connectivity index (χ1) is 8.65. The molecule has 2 aromatic rings. The van der Waals surface area contributed by atoms with Crippen molar-refractivity contribution in [2.24, 2.45) is 12.8 Å². The van der Waals surface area contributed by atoms with Crippen LogP contribution < -0.4 is 5.73 Å². The molecule has 0 aliphatic rings. The van der Waals surface area contributed by atoms with Crippen LogP contribution in [0.2, 0.25) is 0 Å². The Balaban J connectivity index is 1.83. The first-order valence-electron chi connectivity index (χ1n) is 6.12. The van der Waals surface area contributed by atoms with E-state index in [0.29, 0.717) is 0 Å². The highest BCUT2D eigenvalue weighted by Gasteiger charge is 2.06. The largest absolute Gasteiger partial charge is 0.327 e. The number of nitrogens with zero attached hydrogens (tertiary/aromatic N) is 2. The first-order valence-corrected chi connectivity index (χ1v) is 6.91. The van der Waals surface area contributed by atoms with Gasteiger partial charge in [-0.1, -0.05) is 28.1 Å². The van der Waals surface area contributed by atoms with Gasteiger partial charge in [0.25, 0.3) is 0 Å². The molecule has 0 bridgehead atoms. The standard InChI is InChI=1S/C14H18BrN3/c1-18-14(8-9-17-18)7-6-13(16)10-11-2-4-12(15)5-3-11/h2-5,8-9,13H,6-7,10,16H2,1H3. The second kappa shape index (κ2) is 6.16. The minimum Gasteiger partial charge on any atom is -0.327 e. The van der Waals surface area contributed by atoms with Gasteiger partial charge in [0.1, 0.15) is 0 Å². The van der Waals surface area contributed by atoms with E-state index in [1.54, 1.807) is 0 Å². The van der Waals surface area contributed by atoms with Crippen LogP contribution in [-0.2, 0) is 19.9 Å². The zero-order valence-electron chi connectivity index (χ0n) is 10.5. The topological polar surface area (TPSA) is 43.8 Å². The molecule has 0 aliphatic heterocycles. The van der Waals surface area contributed by atoms with Crippen molar-refractivity contribution in [3.05, 3.63) is 52.3 Å². The Morgan fingerprint density at radius 2 is 2.00 bits per heavy atom. The number of aryl methyl sites for hydroxylation is 2. The Labute approximate surface area is 116 Å². The molecule has 4 heteroatoms. The maximum atomic E-state index is 6.17. The van der Waals surface area contributed by atoms with Gasteiger partial charge in [0.15, 0.2) is 0 Å². The summed E-state index contributed by atoms with van der Waals surface area (Å²) in [6.45, 7) is 0. The van der Waals surface area contributed by atoms with Crippen LogP contribution in [0.15, 0.2) is 41.0 Å². The zero-order valence-corrected chi connectivity index (χ0v) is 12.1. The van der Waals surface area contributed by atoms with Crippen molar-refractivity contribution in [1.82, 2.24) is 9.78 Å². The fourth-order valence-corrected chi connectivity index (χ4v) is 2.27. The number of hydrogen-bond donors (Lipinski definition) is 1. The van der Waals surface area contributed by atoms with E-state index >= 15 is 0 Å². The van der Waals surface area contributed by atoms with Crippen LogP contribution in [-0.4, -0.2) is 15.8 Å². The normalized spacial score (nSPS) is 12.6. The van der Waals surface area contributed by atoms with E-state index in [1.165, 1.54) is 11.3 Å². The van der Waals surface area contributed by atoms with Gasteiger partial charge in [-0.05, 0) is 43.0 Å². The van der Waals surface area contributed by atoms with Gasteiger partial charge < -0.3 is 5.73 Å². The molecule has 0 aliphatic carbocycles. The highest BCUT2D eigenvalue weighted by atomic mass is 79.9. The van der Waals surface area contributed by atoms with Gasteiger partial charge in [-0.25, -0.2) is 0 Å². The molecule has 0 spiro atoms. The maximum absolute atomic E-state index is 6.17. The Kier molecular flexibility index (Phi) is 4.55. The van der Waals surface area contributed by atoms with Crippen molar-refractivity contribution >= 4 is 15.9 Å². The summed E-state index contributed by atoms with van der Waals surface area (Å²) in [4.78, 5) is 0. The van der Waals surface area contributed by atoms with Crippen molar-refractivity contribution in [2.75, 3.05) is 0 Å². The number of hydrogen-bond acceptors (Lipinski definition) is 2. The molecule has 0 saturated carbocycles. The van der Waals surface area contributed by atoms with E-state index in [1.807, 2.05) is 24.0 Å². The maximum Gasteiger partial charge on any atom is 0.0492 e. The predicted octanol–water partition coefficient (Wildman–Crippen LogP) is 2.69. The van der Waals surface area contributed by atoms with Crippen LogP contribution in [0.1, 0.15) is 17.7 Å². The lowest BCUT2D eigenvalue weighted by Gasteiger charge is -2.11. The van der Waals surface area contributed by atoms with Gasteiger partial charge in [0, 0.05) is 29.5 Å². The molecular weight excluding hydrogens is 290 g/mol. The summed E-state index contributed by atoms with van der Waals surface area (Å²) < 4.78 is 3.02. The van der Waals surface area contributed by atoms with E-state index in [9.17, 15) is 0 Å². The Bertz CT molecular complexity index is 490. The molecule has 1 unspecified atom stereocenters. The highest BCUT2D eigenvalue weighted by Crippen LogP contribution is 2.13. The molecule has 3 nitrogen and oxygen atoms in total. The molecule has 2 N–H and O–H groups in total. The van der Waals surface area contributed by atoms with Crippen LogP contribution in [0.3, 0.4) is 0 Å². The molecule has 2 rings (SSSR count). The fourth-order valence-electron chi connectivity index (χ4n) is 2.01. The molecule has 0 radical (unpaired) electrons. The molecule has 0 fully saturated rings. The Morgan fingerprint density at radius 3 is 2.61 bits per heavy atom. The van der Waals surface area contributed by atoms with E-state index in [4.69, 9.17) is 5.73 Å². The van der Waals surface area contributed by atoms with Crippen molar-refractivity contribution in [1.29, 1.82) is 0 Å². The predicted molar refractivity (Wildman–Crippen MR) is 77.4 cm³/mol. The molecule has 96 valence electrons. The summed E-state index contributed by atoms with van der Waals surface area (Å²) in [5.74, 6) is 0. The molecular formula is C14H18BrN3. The van der Waals surface area contributed by atoms with Crippen molar-refractivity contribution in [3.63, 3.8) is 0 Å². The molecule has 18 heavy (non-hydrogen) atoms. The molecule has 1 aromatic carbocycles. The van der Waals surface area contributed by atoms with Crippen LogP contribution >= 0.6 is 15.9 Å². The van der Waals surface area contributed by atoms with Crippen LogP contribution in [0.5, 0.6) is 0 Å². The third kappa shape index (κ3) is 3.68. The quantitative estimate of drug-likeness (QED) is 0.923. The summed E-state index contributed by atoms with van der Waals surface area (Å²) in [7, 11) is 1.97. The summed E-state index contributed by atoms with van der Waals surface area (Å²) in [5, 5.41) is 4.16.